The second-order valence-corrected chi connectivity index (χ2v) is 6.75. The Balaban J connectivity index is 5.46. The van der Waals surface area contributed by atoms with Gasteiger partial charge in [-0.1, -0.05) is 63.6 Å². The number of hydrogen-bond acceptors (Lipinski definition) is 2. The Bertz CT molecular complexity index is 494. The van der Waals surface area contributed by atoms with Crippen LogP contribution in [0.25, 0.3) is 0 Å². The summed E-state index contributed by atoms with van der Waals surface area (Å²) in [6, 6.07) is 0. The van der Waals surface area contributed by atoms with E-state index in [2.05, 4.69) is 40.3 Å². The molecule has 0 aromatic carbocycles. The highest BCUT2D eigenvalue weighted by Crippen LogP contribution is 2.31. The topological polar surface area (TPSA) is 40.5 Å². The minimum atomic E-state index is -0.00361. The van der Waals surface area contributed by atoms with Gasteiger partial charge in [0.1, 0.15) is 0 Å². The van der Waals surface area contributed by atoms with Crippen LogP contribution >= 0.6 is 0 Å². The lowest BCUT2D eigenvalue weighted by Gasteiger charge is -2.23. The summed E-state index contributed by atoms with van der Waals surface area (Å²) in [4.78, 5) is 0. The molecule has 0 amide bonds. The lowest BCUT2D eigenvalue weighted by atomic mass is 9.82. The fourth-order valence-electron chi connectivity index (χ4n) is 2.31. The predicted octanol–water partition coefficient (Wildman–Crippen LogP) is 5.64. The molecule has 0 aromatic rings. The minimum absolute atomic E-state index is 0.00361. The first-order valence-corrected chi connectivity index (χ1v) is 7.85. The molecule has 0 fully saturated rings. The molecule has 0 unspecified atom stereocenters. The van der Waals surface area contributed by atoms with E-state index in [0.717, 1.165) is 23.1 Å². The van der Waals surface area contributed by atoms with E-state index in [9.17, 15) is 5.11 Å². The van der Waals surface area contributed by atoms with Gasteiger partial charge in [-0.2, -0.15) is 0 Å². The molecule has 0 rings (SSSR count). The molecule has 0 aliphatic rings. The number of aliphatic hydroxyl groups excluding tert-OH is 2. The zero-order valence-corrected chi connectivity index (χ0v) is 15.0. The first-order valence-electron chi connectivity index (χ1n) is 7.85. The first kappa shape index (κ1) is 20.5. The largest absolute Gasteiger partial charge is 0.512 e. The summed E-state index contributed by atoms with van der Waals surface area (Å²) < 4.78 is 0. The molecule has 22 heavy (non-hydrogen) atoms. The van der Waals surface area contributed by atoms with Gasteiger partial charge in [0, 0.05) is 6.42 Å². The highest BCUT2D eigenvalue weighted by molar-refractivity contribution is 5.35. The van der Waals surface area contributed by atoms with Gasteiger partial charge in [0.25, 0.3) is 0 Å². The van der Waals surface area contributed by atoms with Crippen LogP contribution in [-0.4, -0.2) is 16.8 Å². The molecule has 0 bridgehead atoms. The Morgan fingerprint density at radius 3 is 2.14 bits per heavy atom. The van der Waals surface area contributed by atoms with Crippen molar-refractivity contribution < 1.29 is 10.2 Å². The van der Waals surface area contributed by atoms with Gasteiger partial charge in [0.05, 0.1) is 12.4 Å². The van der Waals surface area contributed by atoms with Crippen molar-refractivity contribution in [3.05, 3.63) is 58.9 Å². The van der Waals surface area contributed by atoms with Crippen LogP contribution in [0.3, 0.4) is 0 Å². The maximum atomic E-state index is 10.2. The Labute approximate surface area is 136 Å². The van der Waals surface area contributed by atoms with Crippen LogP contribution in [0.15, 0.2) is 58.9 Å². The monoisotopic (exact) mass is 304 g/mol. The molecular formula is C20H32O2. The van der Waals surface area contributed by atoms with E-state index in [4.69, 9.17) is 5.11 Å². The van der Waals surface area contributed by atoms with Gasteiger partial charge in [0.15, 0.2) is 0 Å². The van der Waals surface area contributed by atoms with Crippen LogP contribution in [0.2, 0.25) is 0 Å². The van der Waals surface area contributed by atoms with Crippen molar-refractivity contribution in [3.63, 3.8) is 0 Å². The molecule has 0 aliphatic heterocycles. The van der Waals surface area contributed by atoms with E-state index in [1.54, 1.807) is 12.2 Å². The van der Waals surface area contributed by atoms with Crippen LogP contribution in [0, 0.1) is 5.41 Å². The van der Waals surface area contributed by atoms with Crippen LogP contribution < -0.4 is 0 Å². The lowest BCUT2D eigenvalue weighted by Crippen LogP contribution is -2.10. The Morgan fingerprint density at radius 1 is 1.14 bits per heavy atom. The fourth-order valence-corrected chi connectivity index (χ4v) is 2.31. The summed E-state index contributed by atoms with van der Waals surface area (Å²) in [5, 5.41) is 19.2. The Hall–Kier alpha value is -1.54. The van der Waals surface area contributed by atoms with Gasteiger partial charge in [0.2, 0.25) is 0 Å². The molecule has 0 spiro atoms. The molecule has 0 heterocycles. The van der Waals surface area contributed by atoms with Crippen molar-refractivity contribution in [1.29, 1.82) is 0 Å². The maximum Gasteiger partial charge on any atom is 0.0965 e. The summed E-state index contributed by atoms with van der Waals surface area (Å²) in [5.74, 6) is 0.324. The average Bonchev–Trinajstić information content (AvgIpc) is 2.36. The number of allylic oxidation sites excluding steroid dienone is 7. The molecule has 0 radical (unpaired) electrons. The van der Waals surface area contributed by atoms with E-state index in [-0.39, 0.29) is 12.0 Å². The van der Waals surface area contributed by atoms with Crippen LogP contribution in [0.1, 0.15) is 54.4 Å². The van der Waals surface area contributed by atoms with E-state index in [1.807, 2.05) is 19.9 Å². The summed E-state index contributed by atoms with van der Waals surface area (Å²) >= 11 is 0. The maximum absolute atomic E-state index is 10.2. The summed E-state index contributed by atoms with van der Waals surface area (Å²) in [5.41, 5.74) is 4.30. The second-order valence-electron chi connectivity index (χ2n) is 6.75. The molecule has 2 heteroatoms. The van der Waals surface area contributed by atoms with E-state index >= 15 is 0 Å². The van der Waals surface area contributed by atoms with Crippen molar-refractivity contribution in [1.82, 2.24) is 0 Å². The van der Waals surface area contributed by atoms with E-state index in [0.29, 0.717) is 12.2 Å². The van der Waals surface area contributed by atoms with Gasteiger partial charge in [-0.15, -0.1) is 0 Å². The molecule has 0 saturated carbocycles. The van der Waals surface area contributed by atoms with Crippen molar-refractivity contribution >= 4 is 0 Å². The molecule has 2 nitrogen and oxygen atoms in total. The molecule has 0 atom stereocenters. The van der Waals surface area contributed by atoms with Crippen molar-refractivity contribution in [2.75, 3.05) is 6.61 Å². The van der Waals surface area contributed by atoms with Gasteiger partial charge in [-0.25, -0.2) is 0 Å². The highest BCUT2D eigenvalue weighted by Gasteiger charge is 2.17. The third-order valence-electron chi connectivity index (χ3n) is 3.36. The smallest absolute Gasteiger partial charge is 0.0965 e. The predicted molar refractivity (Wildman–Crippen MR) is 96.9 cm³/mol. The highest BCUT2D eigenvalue weighted by atomic mass is 16.3. The summed E-state index contributed by atoms with van der Waals surface area (Å²) in [7, 11) is 0. The summed E-state index contributed by atoms with van der Waals surface area (Å²) in [6.07, 6.45) is 8.87. The number of rotatable bonds is 7. The lowest BCUT2D eigenvalue weighted by molar-refractivity contribution is 0.341. The molecule has 0 aromatic heterocycles. The van der Waals surface area contributed by atoms with E-state index < -0.39 is 0 Å². The van der Waals surface area contributed by atoms with Crippen molar-refractivity contribution in [2.45, 2.75) is 54.4 Å². The third kappa shape index (κ3) is 8.04. The van der Waals surface area contributed by atoms with Crippen LogP contribution in [0.5, 0.6) is 0 Å². The van der Waals surface area contributed by atoms with Crippen LogP contribution in [-0.2, 0) is 0 Å². The molecular weight excluding hydrogens is 272 g/mol. The van der Waals surface area contributed by atoms with Crippen molar-refractivity contribution in [3.8, 4) is 0 Å². The SMILES string of the molecule is C=C(C)/C=C\C(=C(/C)C/C(O)=C\C(=C/CO)CC)C(C)(C)C. The molecule has 0 saturated heterocycles. The standard InChI is InChI=1S/C20H32O2/c1-8-17(11-12-21)14-18(22)13-16(4)19(20(5,6)7)10-9-15(2)3/h9-11,14,21-22H,2,8,12-13H2,1,3-7H3/b10-9-,17-11-,18-14+,19-16-. The van der Waals surface area contributed by atoms with Gasteiger partial charge < -0.3 is 10.2 Å². The summed E-state index contributed by atoms with van der Waals surface area (Å²) in [6.45, 7) is 16.4. The Kier molecular flexibility index (Phi) is 8.81. The van der Waals surface area contributed by atoms with Gasteiger partial charge >= 0.3 is 0 Å². The third-order valence-corrected chi connectivity index (χ3v) is 3.36. The number of aliphatic hydroxyl groups is 2. The van der Waals surface area contributed by atoms with Gasteiger partial charge in [-0.05, 0) is 42.9 Å². The molecule has 0 aliphatic carbocycles. The normalized spacial score (nSPS) is 15.2. The average molecular weight is 304 g/mol. The quantitative estimate of drug-likeness (QED) is 0.472. The zero-order valence-electron chi connectivity index (χ0n) is 15.0. The molecule has 124 valence electrons. The van der Waals surface area contributed by atoms with E-state index in [1.165, 1.54) is 5.57 Å². The zero-order chi connectivity index (χ0) is 17.3. The van der Waals surface area contributed by atoms with Gasteiger partial charge in [-0.3, -0.25) is 0 Å². The minimum Gasteiger partial charge on any atom is -0.512 e. The van der Waals surface area contributed by atoms with Crippen molar-refractivity contribution in [2.24, 2.45) is 5.41 Å². The second kappa shape index (κ2) is 9.47. The van der Waals surface area contributed by atoms with Crippen LogP contribution in [0.4, 0.5) is 0 Å². The molecule has 2 N–H and O–H groups in total. The fraction of sp³-hybridized carbons (Fsp3) is 0.500. The Morgan fingerprint density at radius 2 is 1.73 bits per heavy atom. The first-order chi connectivity index (χ1) is 10.1. The number of hydrogen-bond donors (Lipinski definition) is 2.